The highest BCUT2D eigenvalue weighted by atomic mass is 16.3. The van der Waals surface area contributed by atoms with Gasteiger partial charge in [-0.1, -0.05) is 18.9 Å². The summed E-state index contributed by atoms with van der Waals surface area (Å²) >= 11 is 0. The maximum Gasteiger partial charge on any atom is 0.131 e. The van der Waals surface area contributed by atoms with Gasteiger partial charge in [0.15, 0.2) is 0 Å². The molecule has 3 heteroatoms. The molecule has 1 aliphatic carbocycles. The zero-order valence-electron chi connectivity index (χ0n) is 8.24. The lowest BCUT2D eigenvalue weighted by atomic mass is 10.2. The van der Waals surface area contributed by atoms with Crippen LogP contribution < -0.4 is 5.32 Å². The quantitative estimate of drug-likeness (QED) is 0.769. The van der Waals surface area contributed by atoms with Crippen molar-refractivity contribution in [2.45, 2.75) is 38.3 Å². The van der Waals surface area contributed by atoms with Crippen molar-refractivity contribution in [1.82, 2.24) is 4.98 Å². The molecule has 0 saturated heterocycles. The van der Waals surface area contributed by atoms with Crippen LogP contribution in [0.1, 0.15) is 31.2 Å². The van der Waals surface area contributed by atoms with Crippen LogP contribution in [-0.2, 0) is 6.61 Å². The minimum Gasteiger partial charge on any atom is -0.392 e. The molecular weight excluding hydrogens is 176 g/mol. The highest BCUT2D eigenvalue weighted by Gasteiger charge is 2.15. The molecule has 0 spiro atoms. The third-order valence-corrected chi connectivity index (χ3v) is 2.76. The summed E-state index contributed by atoms with van der Waals surface area (Å²) in [6.07, 6.45) is 6.82. The predicted octanol–water partition coefficient (Wildman–Crippen LogP) is 1.93. The smallest absolute Gasteiger partial charge is 0.131 e. The Kier molecular flexibility index (Phi) is 2.99. The number of nitrogens with zero attached hydrogens (tertiary/aromatic N) is 1. The third-order valence-electron chi connectivity index (χ3n) is 2.76. The highest BCUT2D eigenvalue weighted by molar-refractivity contribution is 5.44. The second-order valence-corrected chi connectivity index (χ2v) is 3.79. The zero-order chi connectivity index (χ0) is 9.80. The van der Waals surface area contributed by atoms with Crippen molar-refractivity contribution in [2.24, 2.45) is 0 Å². The highest BCUT2D eigenvalue weighted by Crippen LogP contribution is 2.22. The lowest BCUT2D eigenvalue weighted by Crippen LogP contribution is -2.16. The summed E-state index contributed by atoms with van der Waals surface area (Å²) in [5.41, 5.74) is 0.888. The largest absolute Gasteiger partial charge is 0.392 e. The Bertz CT molecular complexity index is 295. The second-order valence-electron chi connectivity index (χ2n) is 3.79. The molecule has 76 valence electrons. The number of anilines is 1. The number of hydrogen-bond donors (Lipinski definition) is 2. The first kappa shape index (κ1) is 9.46. The third kappa shape index (κ3) is 2.04. The molecule has 1 aromatic rings. The minimum atomic E-state index is 0.0584. The van der Waals surface area contributed by atoms with E-state index in [0.29, 0.717) is 6.04 Å². The lowest BCUT2D eigenvalue weighted by Gasteiger charge is -2.14. The van der Waals surface area contributed by atoms with Crippen molar-refractivity contribution in [3.63, 3.8) is 0 Å². The fourth-order valence-electron chi connectivity index (χ4n) is 1.96. The number of rotatable bonds is 3. The maximum absolute atomic E-state index is 9.11. The minimum absolute atomic E-state index is 0.0584. The summed E-state index contributed by atoms with van der Waals surface area (Å²) < 4.78 is 0. The van der Waals surface area contributed by atoms with Gasteiger partial charge in [0.1, 0.15) is 5.82 Å². The van der Waals surface area contributed by atoms with Crippen molar-refractivity contribution in [3.05, 3.63) is 23.9 Å². The Balaban J connectivity index is 2.07. The molecule has 0 radical (unpaired) electrons. The van der Waals surface area contributed by atoms with Gasteiger partial charge in [0.05, 0.1) is 6.61 Å². The summed E-state index contributed by atoms with van der Waals surface area (Å²) in [5, 5.41) is 12.5. The van der Waals surface area contributed by atoms with Gasteiger partial charge in [0, 0.05) is 17.8 Å². The van der Waals surface area contributed by atoms with Crippen molar-refractivity contribution in [1.29, 1.82) is 0 Å². The van der Waals surface area contributed by atoms with Crippen LogP contribution in [0, 0.1) is 0 Å². The first-order chi connectivity index (χ1) is 6.90. The van der Waals surface area contributed by atoms with Gasteiger partial charge < -0.3 is 10.4 Å². The Labute approximate surface area is 84.2 Å². The SMILES string of the molecule is OCc1cccnc1NC1CCCC1. The number of aliphatic hydroxyl groups is 1. The molecule has 1 heterocycles. The van der Waals surface area contributed by atoms with Crippen LogP contribution >= 0.6 is 0 Å². The van der Waals surface area contributed by atoms with E-state index in [1.807, 2.05) is 12.1 Å². The molecule has 1 aliphatic rings. The molecule has 2 rings (SSSR count). The van der Waals surface area contributed by atoms with E-state index in [1.165, 1.54) is 25.7 Å². The number of pyridine rings is 1. The molecule has 1 fully saturated rings. The van der Waals surface area contributed by atoms with E-state index < -0.39 is 0 Å². The van der Waals surface area contributed by atoms with Crippen molar-refractivity contribution in [3.8, 4) is 0 Å². The topological polar surface area (TPSA) is 45.2 Å². The van der Waals surface area contributed by atoms with Gasteiger partial charge in [-0.05, 0) is 18.9 Å². The average Bonchev–Trinajstić information content (AvgIpc) is 2.71. The fraction of sp³-hybridized carbons (Fsp3) is 0.545. The van der Waals surface area contributed by atoms with Crippen LogP contribution in [0.15, 0.2) is 18.3 Å². The molecule has 2 N–H and O–H groups in total. The first-order valence-corrected chi connectivity index (χ1v) is 5.21. The molecule has 0 bridgehead atoms. The normalized spacial score (nSPS) is 17.2. The Hall–Kier alpha value is -1.09. The Morgan fingerprint density at radius 2 is 2.21 bits per heavy atom. The molecule has 3 nitrogen and oxygen atoms in total. The van der Waals surface area contributed by atoms with Crippen molar-refractivity contribution < 1.29 is 5.11 Å². The van der Waals surface area contributed by atoms with E-state index in [0.717, 1.165) is 11.4 Å². The van der Waals surface area contributed by atoms with Gasteiger partial charge >= 0.3 is 0 Å². The Morgan fingerprint density at radius 3 is 2.93 bits per heavy atom. The molecular formula is C11H16N2O. The van der Waals surface area contributed by atoms with Crippen LogP contribution in [0.5, 0.6) is 0 Å². The van der Waals surface area contributed by atoms with Gasteiger partial charge in [-0.15, -0.1) is 0 Å². The molecule has 0 unspecified atom stereocenters. The summed E-state index contributed by atoms with van der Waals surface area (Å²) in [6, 6.07) is 4.31. The van der Waals surface area contributed by atoms with Crippen LogP contribution in [0.25, 0.3) is 0 Å². The molecule has 0 atom stereocenters. The predicted molar refractivity (Wildman–Crippen MR) is 56.0 cm³/mol. The van der Waals surface area contributed by atoms with Gasteiger partial charge in [-0.3, -0.25) is 0 Å². The van der Waals surface area contributed by atoms with Crippen LogP contribution in [-0.4, -0.2) is 16.1 Å². The number of nitrogens with one attached hydrogen (secondary N) is 1. The van der Waals surface area contributed by atoms with Crippen LogP contribution in [0.3, 0.4) is 0 Å². The van der Waals surface area contributed by atoms with E-state index in [4.69, 9.17) is 5.11 Å². The molecule has 1 aromatic heterocycles. The summed E-state index contributed by atoms with van der Waals surface area (Å²) in [5.74, 6) is 0.849. The maximum atomic E-state index is 9.11. The summed E-state index contributed by atoms with van der Waals surface area (Å²) in [4.78, 5) is 4.24. The monoisotopic (exact) mass is 192 g/mol. The van der Waals surface area contributed by atoms with Crippen LogP contribution in [0.4, 0.5) is 5.82 Å². The zero-order valence-corrected chi connectivity index (χ0v) is 8.24. The first-order valence-electron chi connectivity index (χ1n) is 5.21. The average molecular weight is 192 g/mol. The van der Waals surface area contributed by atoms with Gasteiger partial charge in [0.2, 0.25) is 0 Å². The lowest BCUT2D eigenvalue weighted by molar-refractivity contribution is 0.282. The van der Waals surface area contributed by atoms with E-state index >= 15 is 0 Å². The molecule has 0 aromatic carbocycles. The van der Waals surface area contributed by atoms with E-state index in [2.05, 4.69) is 10.3 Å². The van der Waals surface area contributed by atoms with E-state index in [9.17, 15) is 0 Å². The van der Waals surface area contributed by atoms with Crippen molar-refractivity contribution >= 4 is 5.82 Å². The molecule has 1 saturated carbocycles. The standard InChI is InChI=1S/C11H16N2O/c14-8-9-4-3-7-12-11(9)13-10-5-1-2-6-10/h3-4,7,10,14H,1-2,5-6,8H2,(H,12,13). The van der Waals surface area contributed by atoms with Gasteiger partial charge in [0.25, 0.3) is 0 Å². The van der Waals surface area contributed by atoms with E-state index in [-0.39, 0.29) is 6.61 Å². The molecule has 0 aliphatic heterocycles. The number of hydrogen-bond acceptors (Lipinski definition) is 3. The Morgan fingerprint density at radius 1 is 1.43 bits per heavy atom. The summed E-state index contributed by atoms with van der Waals surface area (Å²) in [6.45, 7) is 0.0584. The van der Waals surface area contributed by atoms with Gasteiger partial charge in [-0.25, -0.2) is 4.98 Å². The van der Waals surface area contributed by atoms with Gasteiger partial charge in [-0.2, -0.15) is 0 Å². The fourth-order valence-corrected chi connectivity index (χ4v) is 1.96. The number of aromatic nitrogens is 1. The van der Waals surface area contributed by atoms with Crippen molar-refractivity contribution in [2.75, 3.05) is 5.32 Å². The molecule has 0 amide bonds. The second kappa shape index (κ2) is 4.42. The van der Waals surface area contributed by atoms with Crippen LogP contribution in [0.2, 0.25) is 0 Å². The van der Waals surface area contributed by atoms with E-state index in [1.54, 1.807) is 6.20 Å². The summed E-state index contributed by atoms with van der Waals surface area (Å²) in [7, 11) is 0. The number of aliphatic hydroxyl groups excluding tert-OH is 1. The molecule has 14 heavy (non-hydrogen) atoms.